The number of nitrogens with two attached hydrogens (primary N) is 1. The Hall–Kier alpha value is -2.13. The molecule has 0 aliphatic heterocycles. The second-order valence-corrected chi connectivity index (χ2v) is 5.84. The first kappa shape index (κ1) is 12.9. The summed E-state index contributed by atoms with van der Waals surface area (Å²) in [6.07, 6.45) is 0.423. The molecule has 0 amide bonds. The van der Waals surface area contributed by atoms with Gasteiger partial charge in [0.15, 0.2) is 5.78 Å². The maximum Gasteiger partial charge on any atom is 0.167 e. The number of ketones is 1. The number of Topliss-reactive ketones (excluding diaryl/α,β-unsaturated/α-hetero) is 1. The molecule has 3 rings (SSSR count). The molecule has 1 aromatic heterocycles. The van der Waals surface area contributed by atoms with Crippen LogP contribution in [0.1, 0.15) is 21.5 Å². The topological polar surface area (TPSA) is 43.1 Å². The zero-order chi connectivity index (χ0) is 14.1. The van der Waals surface area contributed by atoms with Gasteiger partial charge in [0.1, 0.15) is 0 Å². The van der Waals surface area contributed by atoms with Crippen LogP contribution in [0.3, 0.4) is 0 Å². The highest BCUT2D eigenvalue weighted by molar-refractivity contribution is 7.17. The van der Waals surface area contributed by atoms with Gasteiger partial charge >= 0.3 is 0 Å². The zero-order valence-corrected chi connectivity index (χ0v) is 12.0. The Morgan fingerprint density at radius 1 is 1.20 bits per heavy atom. The van der Waals surface area contributed by atoms with Gasteiger partial charge in [0.05, 0.1) is 0 Å². The molecule has 2 nitrogen and oxygen atoms in total. The van der Waals surface area contributed by atoms with Crippen molar-refractivity contribution in [2.24, 2.45) is 0 Å². The van der Waals surface area contributed by atoms with Crippen LogP contribution in [0.25, 0.3) is 10.1 Å². The number of fused-ring (bicyclic) bond motifs is 1. The number of carbonyl (C=O) groups excluding carboxylic acids is 1. The van der Waals surface area contributed by atoms with E-state index in [0.29, 0.717) is 17.7 Å². The zero-order valence-electron chi connectivity index (χ0n) is 11.2. The van der Waals surface area contributed by atoms with Crippen LogP contribution in [0.4, 0.5) is 5.69 Å². The first-order valence-corrected chi connectivity index (χ1v) is 7.37. The van der Waals surface area contributed by atoms with E-state index in [1.54, 1.807) is 17.4 Å². The molecule has 2 aromatic carbocycles. The van der Waals surface area contributed by atoms with Gasteiger partial charge in [-0.3, -0.25) is 4.79 Å². The van der Waals surface area contributed by atoms with Crippen molar-refractivity contribution in [3.63, 3.8) is 0 Å². The predicted molar refractivity (Wildman–Crippen MR) is 85.5 cm³/mol. The molecule has 3 heteroatoms. The van der Waals surface area contributed by atoms with Crippen molar-refractivity contribution in [2.45, 2.75) is 13.3 Å². The maximum atomic E-state index is 12.4. The highest BCUT2D eigenvalue weighted by atomic mass is 32.1. The summed E-state index contributed by atoms with van der Waals surface area (Å²) in [4.78, 5) is 12.4. The fourth-order valence-corrected chi connectivity index (χ4v) is 3.22. The lowest BCUT2D eigenvalue weighted by Gasteiger charge is -2.04. The van der Waals surface area contributed by atoms with Crippen molar-refractivity contribution in [1.82, 2.24) is 0 Å². The average Bonchev–Trinajstić information content (AvgIpc) is 2.85. The normalized spacial score (nSPS) is 10.8. The molecule has 1 heterocycles. The molecule has 0 fully saturated rings. The number of hydrogen-bond acceptors (Lipinski definition) is 3. The highest BCUT2D eigenvalue weighted by Gasteiger charge is 2.11. The molecule has 0 saturated carbocycles. The van der Waals surface area contributed by atoms with Gasteiger partial charge in [-0.1, -0.05) is 30.3 Å². The van der Waals surface area contributed by atoms with E-state index in [9.17, 15) is 4.79 Å². The minimum atomic E-state index is 0.111. The molecule has 3 aromatic rings. The minimum Gasteiger partial charge on any atom is -0.398 e. The van der Waals surface area contributed by atoms with E-state index in [2.05, 4.69) is 17.5 Å². The van der Waals surface area contributed by atoms with Gasteiger partial charge in [-0.05, 0) is 40.9 Å². The van der Waals surface area contributed by atoms with Crippen LogP contribution in [0, 0.1) is 6.92 Å². The highest BCUT2D eigenvalue weighted by Crippen LogP contribution is 2.27. The number of hydrogen-bond donors (Lipinski definition) is 1. The number of rotatable bonds is 3. The van der Waals surface area contributed by atoms with Gasteiger partial charge in [0.25, 0.3) is 0 Å². The summed E-state index contributed by atoms with van der Waals surface area (Å²) >= 11 is 1.68. The van der Waals surface area contributed by atoms with Gasteiger partial charge in [-0.2, -0.15) is 0 Å². The van der Waals surface area contributed by atoms with E-state index >= 15 is 0 Å². The minimum absolute atomic E-state index is 0.111. The van der Waals surface area contributed by atoms with Crippen molar-refractivity contribution < 1.29 is 4.79 Å². The molecule has 0 spiro atoms. The lowest BCUT2D eigenvalue weighted by atomic mass is 10.0. The first-order valence-electron chi connectivity index (χ1n) is 6.49. The van der Waals surface area contributed by atoms with E-state index < -0.39 is 0 Å². The fraction of sp³-hybridized carbons (Fsp3) is 0.118. The van der Waals surface area contributed by atoms with Crippen LogP contribution in [0.2, 0.25) is 0 Å². The molecule has 2 N–H and O–H groups in total. The Labute approximate surface area is 121 Å². The van der Waals surface area contributed by atoms with Crippen LogP contribution >= 0.6 is 11.3 Å². The maximum absolute atomic E-state index is 12.4. The van der Waals surface area contributed by atoms with Crippen LogP contribution in [0.15, 0.2) is 47.8 Å². The van der Waals surface area contributed by atoms with Crippen molar-refractivity contribution in [2.75, 3.05) is 5.73 Å². The second kappa shape index (κ2) is 5.10. The SMILES string of the molecule is Cc1ccc(C(=O)Cc2csc3ccccc23)cc1N. The quantitative estimate of drug-likeness (QED) is 0.577. The monoisotopic (exact) mass is 281 g/mol. The number of thiophene rings is 1. The van der Waals surface area contributed by atoms with Crippen LogP contribution in [-0.2, 0) is 6.42 Å². The molecular weight excluding hydrogens is 266 g/mol. The smallest absolute Gasteiger partial charge is 0.167 e. The lowest BCUT2D eigenvalue weighted by molar-refractivity contribution is 0.0993. The molecule has 0 unspecified atom stereocenters. The molecule has 20 heavy (non-hydrogen) atoms. The van der Waals surface area contributed by atoms with Gasteiger partial charge in [0.2, 0.25) is 0 Å². The number of anilines is 1. The molecule has 0 aliphatic carbocycles. The van der Waals surface area contributed by atoms with Crippen LogP contribution in [0.5, 0.6) is 0 Å². The Morgan fingerprint density at radius 3 is 2.80 bits per heavy atom. The largest absolute Gasteiger partial charge is 0.398 e. The molecule has 100 valence electrons. The van der Waals surface area contributed by atoms with E-state index in [0.717, 1.165) is 11.1 Å². The second-order valence-electron chi connectivity index (χ2n) is 4.93. The van der Waals surface area contributed by atoms with Crippen LogP contribution in [-0.4, -0.2) is 5.78 Å². The Balaban J connectivity index is 1.90. The summed E-state index contributed by atoms with van der Waals surface area (Å²) < 4.78 is 1.22. The first-order chi connectivity index (χ1) is 9.65. The van der Waals surface area contributed by atoms with E-state index in [4.69, 9.17) is 5.73 Å². The van der Waals surface area contributed by atoms with Gasteiger partial charge in [-0.25, -0.2) is 0 Å². The average molecular weight is 281 g/mol. The fourth-order valence-electron chi connectivity index (χ4n) is 2.26. The summed E-state index contributed by atoms with van der Waals surface area (Å²) in [5, 5.41) is 3.24. The van der Waals surface area contributed by atoms with Gasteiger partial charge < -0.3 is 5.73 Å². The third-order valence-corrected chi connectivity index (χ3v) is 4.53. The Bertz CT molecular complexity index is 789. The van der Waals surface area contributed by atoms with Crippen molar-refractivity contribution in [3.05, 3.63) is 64.5 Å². The Kier molecular flexibility index (Phi) is 3.28. The molecule has 0 aliphatic rings. The van der Waals surface area contributed by atoms with Crippen LogP contribution < -0.4 is 5.73 Å². The molecule has 0 atom stereocenters. The predicted octanol–water partition coefficient (Wildman–Crippen LogP) is 4.22. The number of carbonyl (C=O) groups is 1. The molecule has 0 radical (unpaired) electrons. The van der Waals surface area contributed by atoms with Crippen molar-refractivity contribution in [1.29, 1.82) is 0 Å². The standard InChI is InChI=1S/C17H15NOS/c1-11-6-7-12(8-15(11)18)16(19)9-13-10-20-17-5-3-2-4-14(13)17/h2-8,10H,9,18H2,1H3. The number of aryl methyl sites for hydroxylation is 1. The summed E-state index contributed by atoms with van der Waals surface area (Å²) in [7, 11) is 0. The summed E-state index contributed by atoms with van der Waals surface area (Å²) in [5.74, 6) is 0.111. The van der Waals surface area contributed by atoms with E-state index in [-0.39, 0.29) is 5.78 Å². The summed E-state index contributed by atoms with van der Waals surface area (Å²) in [5.41, 5.74) is 9.32. The lowest BCUT2D eigenvalue weighted by Crippen LogP contribution is -2.04. The molecule has 0 saturated heterocycles. The van der Waals surface area contributed by atoms with Gasteiger partial charge in [-0.15, -0.1) is 11.3 Å². The van der Waals surface area contributed by atoms with Gasteiger partial charge in [0, 0.05) is 22.4 Å². The molecular formula is C17H15NOS. The van der Waals surface area contributed by atoms with E-state index in [1.807, 2.05) is 31.2 Å². The third-order valence-electron chi connectivity index (χ3n) is 3.51. The third kappa shape index (κ3) is 2.32. The number of benzene rings is 2. The molecule has 0 bridgehead atoms. The summed E-state index contributed by atoms with van der Waals surface area (Å²) in [6, 6.07) is 13.7. The summed E-state index contributed by atoms with van der Waals surface area (Å²) in [6.45, 7) is 1.94. The van der Waals surface area contributed by atoms with Crippen molar-refractivity contribution in [3.8, 4) is 0 Å². The Morgan fingerprint density at radius 2 is 2.00 bits per heavy atom. The van der Waals surface area contributed by atoms with Crippen molar-refractivity contribution >= 4 is 32.9 Å². The van der Waals surface area contributed by atoms with E-state index in [1.165, 1.54) is 10.1 Å². The number of nitrogen functional groups attached to an aromatic ring is 1.